The number of nitrogens with one attached hydrogen (secondary N) is 1. The Morgan fingerprint density at radius 1 is 1.12 bits per heavy atom. The van der Waals surface area contributed by atoms with Gasteiger partial charge in [0.2, 0.25) is 5.91 Å². The molecule has 0 radical (unpaired) electrons. The van der Waals surface area contributed by atoms with Crippen molar-refractivity contribution in [3.63, 3.8) is 0 Å². The maximum atomic E-state index is 12.4. The van der Waals surface area contributed by atoms with E-state index in [2.05, 4.69) is 22.5 Å². The molecular weight excluding hydrogens is 369 g/mol. The number of benzene rings is 2. The molecule has 1 heterocycles. The normalized spacial score (nSPS) is 18.5. The third-order valence-electron chi connectivity index (χ3n) is 4.64. The fourth-order valence-electron chi connectivity index (χ4n) is 3.15. The van der Waals surface area contributed by atoms with E-state index in [4.69, 9.17) is 23.2 Å². The van der Waals surface area contributed by atoms with Crippen LogP contribution >= 0.6 is 23.2 Å². The van der Waals surface area contributed by atoms with E-state index in [0.29, 0.717) is 28.2 Å². The van der Waals surface area contributed by atoms with Crippen LogP contribution in [0.2, 0.25) is 10.0 Å². The number of carbonyl (C=O) groups is 1. The van der Waals surface area contributed by atoms with Crippen molar-refractivity contribution < 1.29 is 4.79 Å². The van der Waals surface area contributed by atoms with E-state index < -0.39 is 0 Å². The number of nitrogens with zero attached hydrogens (tertiary/aromatic N) is 2. The minimum absolute atomic E-state index is 0.0266. The Kier molecular flexibility index (Phi) is 4.70. The van der Waals surface area contributed by atoms with Crippen molar-refractivity contribution >= 4 is 34.8 Å². The van der Waals surface area contributed by atoms with Crippen LogP contribution in [0, 0.1) is 5.92 Å². The summed E-state index contributed by atoms with van der Waals surface area (Å²) in [4.78, 5) is 12.4. The molecular formula is C20H17Cl2N3O. The van der Waals surface area contributed by atoms with Crippen molar-refractivity contribution in [1.29, 1.82) is 0 Å². The van der Waals surface area contributed by atoms with Gasteiger partial charge in [0.1, 0.15) is 0 Å². The smallest absolute Gasteiger partial charge is 0.228 e. The first kappa shape index (κ1) is 17.1. The van der Waals surface area contributed by atoms with Crippen LogP contribution in [0.4, 0.5) is 5.69 Å². The number of anilines is 1. The molecule has 0 unspecified atom stereocenters. The molecule has 2 atom stereocenters. The van der Waals surface area contributed by atoms with Gasteiger partial charge in [0, 0.05) is 27.7 Å². The van der Waals surface area contributed by atoms with E-state index in [1.54, 1.807) is 29.2 Å². The van der Waals surface area contributed by atoms with Gasteiger partial charge in [-0.15, -0.1) is 0 Å². The first-order valence-electron chi connectivity index (χ1n) is 8.43. The zero-order valence-electron chi connectivity index (χ0n) is 13.9. The minimum atomic E-state index is 0.0266. The van der Waals surface area contributed by atoms with E-state index in [9.17, 15) is 4.79 Å². The van der Waals surface area contributed by atoms with Crippen LogP contribution in [-0.2, 0) is 11.3 Å². The molecule has 1 N–H and O–H groups in total. The summed E-state index contributed by atoms with van der Waals surface area (Å²) in [6, 6.07) is 15.5. The maximum Gasteiger partial charge on any atom is 0.228 e. The SMILES string of the molecule is O=C(Nc1cnn(Cc2c(Cl)cccc2Cl)c1)[C@H]1C[C@H]1c1ccccc1. The standard InChI is InChI=1S/C20H17Cl2N3O/c21-18-7-4-8-19(22)17(18)12-25-11-14(10-23-25)24-20(26)16-9-15(16)13-5-2-1-3-6-13/h1-8,10-11,15-16H,9,12H2,(H,24,26)/t15-,16-/m0/s1. The van der Waals surface area contributed by atoms with Gasteiger partial charge in [0.15, 0.2) is 0 Å². The van der Waals surface area contributed by atoms with Crippen LogP contribution in [0.25, 0.3) is 0 Å². The van der Waals surface area contributed by atoms with E-state index >= 15 is 0 Å². The maximum absolute atomic E-state index is 12.4. The Balaban J connectivity index is 1.39. The molecule has 4 nitrogen and oxygen atoms in total. The van der Waals surface area contributed by atoms with Crippen molar-refractivity contribution in [2.75, 3.05) is 5.32 Å². The fraction of sp³-hybridized carbons (Fsp3) is 0.200. The Hall–Kier alpha value is -2.30. The summed E-state index contributed by atoms with van der Waals surface area (Å²) in [5.41, 5.74) is 2.71. The number of halogens is 2. The number of rotatable bonds is 5. The van der Waals surface area contributed by atoms with Crippen molar-refractivity contribution in [3.05, 3.63) is 82.1 Å². The molecule has 1 amide bonds. The summed E-state index contributed by atoms with van der Waals surface area (Å²) in [5.74, 6) is 0.376. The van der Waals surface area contributed by atoms with Gasteiger partial charge in [-0.2, -0.15) is 5.10 Å². The molecule has 1 fully saturated rings. The second-order valence-corrected chi connectivity index (χ2v) is 7.29. The van der Waals surface area contributed by atoms with Crippen LogP contribution in [0.15, 0.2) is 60.9 Å². The zero-order valence-corrected chi connectivity index (χ0v) is 15.4. The fourth-order valence-corrected chi connectivity index (χ4v) is 3.67. The van der Waals surface area contributed by atoms with Crippen LogP contribution < -0.4 is 5.32 Å². The molecule has 0 bridgehead atoms. The third-order valence-corrected chi connectivity index (χ3v) is 5.35. The van der Waals surface area contributed by atoms with Gasteiger partial charge >= 0.3 is 0 Å². The molecule has 0 spiro atoms. The van der Waals surface area contributed by atoms with Crippen molar-refractivity contribution in [1.82, 2.24) is 9.78 Å². The monoisotopic (exact) mass is 385 g/mol. The highest BCUT2D eigenvalue weighted by atomic mass is 35.5. The van der Waals surface area contributed by atoms with Crippen molar-refractivity contribution in [2.24, 2.45) is 5.92 Å². The van der Waals surface area contributed by atoms with Crippen LogP contribution in [-0.4, -0.2) is 15.7 Å². The molecule has 1 aromatic heterocycles. The lowest BCUT2D eigenvalue weighted by atomic mass is 10.1. The topological polar surface area (TPSA) is 46.9 Å². The average Bonchev–Trinajstić information content (AvgIpc) is 3.33. The minimum Gasteiger partial charge on any atom is -0.323 e. The quantitative estimate of drug-likeness (QED) is 0.672. The van der Waals surface area contributed by atoms with E-state index in [0.717, 1.165) is 12.0 Å². The number of aromatic nitrogens is 2. The highest BCUT2D eigenvalue weighted by Crippen LogP contribution is 2.47. The van der Waals surface area contributed by atoms with Gasteiger partial charge in [-0.3, -0.25) is 9.48 Å². The molecule has 1 saturated carbocycles. The van der Waals surface area contributed by atoms with Gasteiger partial charge in [-0.05, 0) is 30.0 Å². The largest absolute Gasteiger partial charge is 0.323 e. The number of amides is 1. The summed E-state index contributed by atoms with van der Waals surface area (Å²) < 4.78 is 1.71. The second-order valence-electron chi connectivity index (χ2n) is 6.48. The molecule has 2 aromatic carbocycles. The average molecular weight is 386 g/mol. The lowest BCUT2D eigenvalue weighted by Crippen LogP contribution is -2.14. The highest BCUT2D eigenvalue weighted by molar-refractivity contribution is 6.35. The van der Waals surface area contributed by atoms with Crippen molar-refractivity contribution in [3.8, 4) is 0 Å². The Morgan fingerprint density at radius 3 is 2.58 bits per heavy atom. The second kappa shape index (κ2) is 7.14. The molecule has 1 aliphatic rings. The lowest BCUT2D eigenvalue weighted by Gasteiger charge is -2.06. The van der Waals surface area contributed by atoms with Gasteiger partial charge in [0.25, 0.3) is 0 Å². The summed E-state index contributed by atoms with van der Waals surface area (Å²) in [6.07, 6.45) is 4.32. The summed E-state index contributed by atoms with van der Waals surface area (Å²) in [5, 5.41) is 8.44. The predicted molar refractivity (Wildman–Crippen MR) is 104 cm³/mol. The first-order chi connectivity index (χ1) is 12.6. The summed E-state index contributed by atoms with van der Waals surface area (Å²) in [6.45, 7) is 0.449. The molecule has 4 rings (SSSR count). The molecule has 3 aromatic rings. The molecule has 6 heteroatoms. The Bertz CT molecular complexity index is 919. The van der Waals surface area contributed by atoms with E-state index in [1.807, 2.05) is 24.3 Å². The lowest BCUT2D eigenvalue weighted by molar-refractivity contribution is -0.117. The first-order valence-corrected chi connectivity index (χ1v) is 9.18. The summed E-state index contributed by atoms with van der Waals surface area (Å²) in [7, 11) is 0. The zero-order chi connectivity index (χ0) is 18.1. The van der Waals surface area contributed by atoms with Gasteiger partial charge in [0.05, 0.1) is 18.4 Å². The molecule has 0 saturated heterocycles. The van der Waals surface area contributed by atoms with Gasteiger partial charge < -0.3 is 5.32 Å². The van der Waals surface area contributed by atoms with Crippen molar-refractivity contribution in [2.45, 2.75) is 18.9 Å². The summed E-state index contributed by atoms with van der Waals surface area (Å²) >= 11 is 12.4. The third kappa shape index (κ3) is 3.62. The molecule has 26 heavy (non-hydrogen) atoms. The molecule has 0 aliphatic heterocycles. The Morgan fingerprint density at radius 2 is 1.85 bits per heavy atom. The van der Waals surface area contributed by atoms with Crippen LogP contribution in [0.1, 0.15) is 23.5 Å². The van der Waals surface area contributed by atoms with Gasteiger partial charge in [-0.1, -0.05) is 59.6 Å². The van der Waals surface area contributed by atoms with Gasteiger partial charge in [-0.25, -0.2) is 0 Å². The van der Waals surface area contributed by atoms with E-state index in [-0.39, 0.29) is 11.8 Å². The highest BCUT2D eigenvalue weighted by Gasteiger charge is 2.43. The molecule has 132 valence electrons. The Labute approximate surface area is 161 Å². The van der Waals surface area contributed by atoms with Crippen LogP contribution in [0.5, 0.6) is 0 Å². The number of carbonyl (C=O) groups excluding carboxylic acids is 1. The number of hydrogen-bond acceptors (Lipinski definition) is 2. The van der Waals surface area contributed by atoms with Crippen LogP contribution in [0.3, 0.4) is 0 Å². The predicted octanol–water partition coefficient (Wildman–Crippen LogP) is 4.98. The molecule has 1 aliphatic carbocycles. The van der Waals surface area contributed by atoms with E-state index in [1.165, 1.54) is 5.56 Å². The number of hydrogen-bond donors (Lipinski definition) is 1.